The zero-order valence-corrected chi connectivity index (χ0v) is 19.8. The summed E-state index contributed by atoms with van der Waals surface area (Å²) in [7, 11) is 1.51. The van der Waals surface area contributed by atoms with Crippen LogP contribution in [0, 0.1) is 17.5 Å². The van der Waals surface area contributed by atoms with Crippen molar-refractivity contribution in [3.8, 4) is 5.75 Å². The molecule has 4 rings (SSSR count). The molecular weight excluding hydrogens is 491 g/mol. The highest BCUT2D eigenvalue weighted by Crippen LogP contribution is 2.25. The Kier molecular flexibility index (Phi) is 7.27. The van der Waals surface area contributed by atoms with Gasteiger partial charge in [0, 0.05) is 17.4 Å². The first kappa shape index (κ1) is 25.5. The summed E-state index contributed by atoms with van der Waals surface area (Å²) in [6, 6.07) is 9.56. The molecule has 0 aliphatic rings. The van der Waals surface area contributed by atoms with Crippen LogP contribution in [0.25, 0.3) is 0 Å². The van der Waals surface area contributed by atoms with Gasteiger partial charge in [0.2, 0.25) is 5.95 Å². The van der Waals surface area contributed by atoms with Crippen LogP contribution in [0.4, 0.5) is 24.8 Å². The smallest absolute Gasteiger partial charge is 0.355 e. The monoisotopic (exact) mass is 513 g/mol. The number of benzene rings is 2. The van der Waals surface area contributed by atoms with Crippen molar-refractivity contribution in [2.45, 2.75) is 26.4 Å². The van der Waals surface area contributed by atoms with Crippen LogP contribution >= 0.6 is 0 Å². The fourth-order valence-electron chi connectivity index (χ4n) is 3.77. The van der Waals surface area contributed by atoms with Crippen molar-refractivity contribution >= 4 is 11.6 Å². The number of aromatic amines is 1. The minimum Gasteiger partial charge on any atom is -0.497 e. The molecule has 9 nitrogen and oxygen atoms in total. The zero-order valence-electron chi connectivity index (χ0n) is 19.8. The molecule has 37 heavy (non-hydrogen) atoms. The second kappa shape index (κ2) is 10.6. The number of nitrogens with one attached hydrogen (secondary N) is 2. The van der Waals surface area contributed by atoms with Crippen LogP contribution in [0.15, 0.2) is 63.0 Å². The van der Waals surface area contributed by atoms with Gasteiger partial charge >= 0.3 is 11.4 Å². The van der Waals surface area contributed by atoms with Gasteiger partial charge in [-0.2, -0.15) is 4.98 Å². The first-order valence-electron chi connectivity index (χ1n) is 11.2. The summed E-state index contributed by atoms with van der Waals surface area (Å²) in [5.74, 6) is -4.13. The lowest BCUT2D eigenvalue weighted by Gasteiger charge is -2.17. The number of anilines is 2. The molecule has 0 aliphatic heterocycles. The van der Waals surface area contributed by atoms with Crippen LogP contribution in [0.1, 0.15) is 23.6 Å². The molecule has 4 aromatic rings. The van der Waals surface area contributed by atoms with E-state index in [9.17, 15) is 27.6 Å². The number of aromatic nitrogens is 4. The number of ether oxygens (including phenoxy) is 1. The van der Waals surface area contributed by atoms with Gasteiger partial charge in [-0.1, -0.05) is 13.0 Å². The molecular formula is C25H22F3N5O4. The summed E-state index contributed by atoms with van der Waals surface area (Å²) in [6.07, 6.45) is 1.96. The molecule has 2 N–H and O–H groups in total. The van der Waals surface area contributed by atoms with Crippen molar-refractivity contribution in [3.63, 3.8) is 0 Å². The van der Waals surface area contributed by atoms with E-state index in [-0.39, 0.29) is 17.1 Å². The first-order chi connectivity index (χ1) is 17.7. The maximum Gasteiger partial charge on any atom is 0.355 e. The zero-order chi connectivity index (χ0) is 26.7. The molecule has 0 atom stereocenters. The Morgan fingerprint density at radius 1 is 0.973 bits per heavy atom. The Morgan fingerprint density at radius 3 is 2.35 bits per heavy atom. The number of hydrogen-bond donors (Lipinski definition) is 2. The number of aryl methyl sites for hydroxylation is 1. The van der Waals surface area contributed by atoms with Gasteiger partial charge in [-0.05, 0) is 53.9 Å². The van der Waals surface area contributed by atoms with Gasteiger partial charge in [-0.15, -0.1) is 0 Å². The van der Waals surface area contributed by atoms with Gasteiger partial charge in [0.05, 0.1) is 20.2 Å². The molecule has 0 unspecified atom stereocenters. The molecule has 0 aliphatic carbocycles. The average molecular weight is 513 g/mol. The highest BCUT2D eigenvalue weighted by atomic mass is 19.2. The van der Waals surface area contributed by atoms with E-state index in [1.54, 1.807) is 18.2 Å². The van der Waals surface area contributed by atoms with Gasteiger partial charge in [0.15, 0.2) is 17.5 Å². The minimum atomic E-state index is -1.65. The molecule has 192 valence electrons. The minimum absolute atomic E-state index is 0.0865. The number of H-pyrrole nitrogens is 1. The fourth-order valence-corrected chi connectivity index (χ4v) is 3.77. The third kappa shape index (κ3) is 5.32. The maximum atomic E-state index is 13.9. The maximum absolute atomic E-state index is 13.9. The Bertz CT molecular complexity index is 1620. The van der Waals surface area contributed by atoms with Crippen LogP contribution in [0.3, 0.4) is 0 Å². The summed E-state index contributed by atoms with van der Waals surface area (Å²) >= 11 is 0. The van der Waals surface area contributed by atoms with E-state index >= 15 is 0 Å². The third-order valence-corrected chi connectivity index (χ3v) is 5.70. The summed E-state index contributed by atoms with van der Waals surface area (Å²) in [5.41, 5.74) is -1.03. The number of rotatable bonds is 8. The van der Waals surface area contributed by atoms with Crippen molar-refractivity contribution < 1.29 is 17.9 Å². The SMILES string of the molecule is CCc1cc(OC)ccc1Nc1nc(=O)n(Cc2ccc[nH]c2=O)c(=O)n1Cc1cc(F)c(F)c(F)c1. The number of halogens is 3. The van der Waals surface area contributed by atoms with Gasteiger partial charge in [0.25, 0.3) is 5.56 Å². The largest absolute Gasteiger partial charge is 0.497 e. The number of hydrogen-bond acceptors (Lipinski definition) is 6. The van der Waals surface area contributed by atoms with E-state index in [0.29, 0.717) is 17.9 Å². The second-order valence-electron chi connectivity index (χ2n) is 8.07. The Balaban J connectivity index is 1.86. The first-order valence-corrected chi connectivity index (χ1v) is 11.2. The quantitative estimate of drug-likeness (QED) is 0.351. The van der Waals surface area contributed by atoms with E-state index in [4.69, 9.17) is 4.74 Å². The van der Waals surface area contributed by atoms with E-state index in [2.05, 4.69) is 15.3 Å². The molecule has 0 bridgehead atoms. The molecule has 0 saturated carbocycles. The van der Waals surface area contributed by atoms with Gasteiger partial charge < -0.3 is 15.0 Å². The van der Waals surface area contributed by atoms with Crippen LogP contribution in [-0.4, -0.2) is 26.2 Å². The van der Waals surface area contributed by atoms with Crippen molar-refractivity contribution in [3.05, 3.63) is 114 Å². The number of methoxy groups -OCH3 is 1. The van der Waals surface area contributed by atoms with Gasteiger partial charge in [0.1, 0.15) is 5.75 Å². The van der Waals surface area contributed by atoms with E-state index < -0.39 is 47.5 Å². The molecule has 0 fully saturated rings. The summed E-state index contributed by atoms with van der Waals surface area (Å²) < 4.78 is 48.2. The van der Waals surface area contributed by atoms with Crippen LogP contribution in [0.2, 0.25) is 0 Å². The third-order valence-electron chi connectivity index (χ3n) is 5.70. The second-order valence-corrected chi connectivity index (χ2v) is 8.07. The number of nitrogens with zero attached hydrogens (tertiary/aromatic N) is 3. The standard InChI is InChI=1S/C25H22F3N5O4/c1-3-15-11-17(37-2)6-7-20(15)30-23-31-24(35)33(13-16-5-4-8-29-22(16)34)25(36)32(23)12-14-9-18(26)21(28)19(27)10-14/h4-11H,3,12-13H2,1-2H3,(H,29,34)(H,30,31,35). The Labute approximate surface area is 207 Å². The topological polar surface area (TPSA) is 111 Å². The highest BCUT2D eigenvalue weighted by molar-refractivity contribution is 5.60. The summed E-state index contributed by atoms with van der Waals surface area (Å²) in [4.78, 5) is 44.9. The molecule has 2 aromatic carbocycles. The lowest BCUT2D eigenvalue weighted by Crippen LogP contribution is -2.43. The van der Waals surface area contributed by atoms with Crippen LogP contribution < -0.4 is 27.0 Å². The van der Waals surface area contributed by atoms with E-state index in [1.807, 2.05) is 6.92 Å². The Morgan fingerprint density at radius 2 is 1.70 bits per heavy atom. The molecule has 2 heterocycles. The van der Waals surface area contributed by atoms with E-state index in [0.717, 1.165) is 26.8 Å². The van der Waals surface area contributed by atoms with Crippen molar-refractivity contribution in [2.24, 2.45) is 0 Å². The Hall–Kier alpha value is -4.61. The molecule has 12 heteroatoms. The lowest BCUT2D eigenvalue weighted by molar-refractivity contribution is 0.414. The molecule has 0 saturated heterocycles. The molecule has 0 spiro atoms. The van der Waals surface area contributed by atoms with Crippen molar-refractivity contribution in [1.29, 1.82) is 0 Å². The van der Waals surface area contributed by atoms with Gasteiger partial charge in [-0.25, -0.2) is 27.3 Å². The van der Waals surface area contributed by atoms with Crippen LogP contribution in [-0.2, 0) is 19.5 Å². The lowest BCUT2D eigenvalue weighted by atomic mass is 10.1. The highest BCUT2D eigenvalue weighted by Gasteiger charge is 2.18. The molecule has 0 amide bonds. The summed E-state index contributed by atoms with van der Waals surface area (Å²) in [6.45, 7) is 1.04. The normalized spacial score (nSPS) is 10.9. The average Bonchev–Trinajstić information content (AvgIpc) is 2.88. The van der Waals surface area contributed by atoms with Crippen molar-refractivity contribution in [2.75, 3.05) is 12.4 Å². The fraction of sp³-hybridized carbons (Fsp3) is 0.200. The number of pyridine rings is 1. The molecule has 0 radical (unpaired) electrons. The summed E-state index contributed by atoms with van der Waals surface area (Å²) in [5, 5.41) is 2.94. The van der Waals surface area contributed by atoms with Crippen LogP contribution in [0.5, 0.6) is 5.75 Å². The molecule has 2 aromatic heterocycles. The van der Waals surface area contributed by atoms with Gasteiger partial charge in [-0.3, -0.25) is 9.36 Å². The van der Waals surface area contributed by atoms with Crippen molar-refractivity contribution in [1.82, 2.24) is 19.1 Å². The predicted octanol–water partition coefficient (Wildman–Crippen LogP) is 2.92. The van der Waals surface area contributed by atoms with E-state index in [1.165, 1.54) is 25.4 Å². The predicted molar refractivity (Wildman–Crippen MR) is 130 cm³/mol.